The molecule has 20 heavy (non-hydrogen) atoms. The molecule has 0 spiro atoms. The standard InChI is InChI=1S/C14H10N6/c15-13-12-11(6-7-16-13)20-14(19-18-12)10(8-17-20)9-4-2-1-3-5-9/h1-8H,(H2,15,16). The van der Waals surface area contributed by atoms with Gasteiger partial charge in [0, 0.05) is 11.8 Å². The molecule has 0 bridgehead atoms. The van der Waals surface area contributed by atoms with Crippen molar-refractivity contribution in [3.63, 3.8) is 0 Å². The van der Waals surface area contributed by atoms with Crippen LogP contribution in [0.15, 0.2) is 48.8 Å². The van der Waals surface area contributed by atoms with E-state index in [4.69, 9.17) is 5.73 Å². The molecule has 6 nitrogen and oxygen atoms in total. The number of aromatic nitrogens is 5. The highest BCUT2D eigenvalue weighted by Crippen LogP contribution is 2.25. The van der Waals surface area contributed by atoms with Crippen molar-refractivity contribution in [1.82, 2.24) is 24.8 Å². The number of nitrogens with two attached hydrogens (primary N) is 1. The maximum absolute atomic E-state index is 5.81. The van der Waals surface area contributed by atoms with Crippen LogP contribution in [0.3, 0.4) is 0 Å². The van der Waals surface area contributed by atoms with Crippen LogP contribution in [0.4, 0.5) is 5.82 Å². The number of nitrogen functional groups attached to an aromatic ring is 1. The summed E-state index contributed by atoms with van der Waals surface area (Å²) >= 11 is 0. The second-order valence-electron chi connectivity index (χ2n) is 4.42. The van der Waals surface area contributed by atoms with Crippen molar-refractivity contribution in [3.05, 3.63) is 48.8 Å². The van der Waals surface area contributed by atoms with E-state index in [-0.39, 0.29) is 0 Å². The summed E-state index contributed by atoms with van der Waals surface area (Å²) in [7, 11) is 0. The van der Waals surface area contributed by atoms with Crippen molar-refractivity contribution in [2.75, 3.05) is 5.73 Å². The van der Waals surface area contributed by atoms with Crippen molar-refractivity contribution >= 4 is 22.5 Å². The lowest BCUT2D eigenvalue weighted by atomic mass is 10.1. The Morgan fingerprint density at radius 3 is 2.70 bits per heavy atom. The zero-order valence-corrected chi connectivity index (χ0v) is 10.4. The minimum absolute atomic E-state index is 0.355. The van der Waals surface area contributed by atoms with E-state index in [1.165, 1.54) is 0 Å². The van der Waals surface area contributed by atoms with Crippen LogP contribution in [-0.2, 0) is 0 Å². The van der Waals surface area contributed by atoms with E-state index in [1.54, 1.807) is 16.9 Å². The molecule has 1 aromatic carbocycles. The van der Waals surface area contributed by atoms with E-state index in [1.807, 2.05) is 36.4 Å². The van der Waals surface area contributed by atoms with Crippen LogP contribution in [-0.4, -0.2) is 24.8 Å². The normalized spacial score (nSPS) is 11.2. The topological polar surface area (TPSA) is 82.0 Å². The Bertz CT molecular complexity index is 913. The fourth-order valence-electron chi connectivity index (χ4n) is 2.27. The Labute approximate surface area is 113 Å². The second kappa shape index (κ2) is 3.99. The van der Waals surface area contributed by atoms with Gasteiger partial charge >= 0.3 is 0 Å². The van der Waals surface area contributed by atoms with Gasteiger partial charge in [0.25, 0.3) is 0 Å². The summed E-state index contributed by atoms with van der Waals surface area (Å²) in [5.74, 6) is 0.355. The van der Waals surface area contributed by atoms with Gasteiger partial charge in [0.15, 0.2) is 17.0 Å². The molecule has 0 fully saturated rings. The fourth-order valence-corrected chi connectivity index (χ4v) is 2.27. The number of fused-ring (bicyclic) bond motifs is 3. The molecule has 0 aliphatic rings. The summed E-state index contributed by atoms with van der Waals surface area (Å²) < 4.78 is 1.74. The van der Waals surface area contributed by atoms with Gasteiger partial charge in [-0.2, -0.15) is 5.10 Å². The molecule has 3 aromatic heterocycles. The zero-order chi connectivity index (χ0) is 13.5. The number of pyridine rings is 1. The van der Waals surface area contributed by atoms with Crippen molar-refractivity contribution < 1.29 is 0 Å². The van der Waals surface area contributed by atoms with E-state index in [0.717, 1.165) is 16.6 Å². The lowest BCUT2D eigenvalue weighted by Gasteiger charge is -2.02. The average Bonchev–Trinajstić information content (AvgIpc) is 2.93. The minimum atomic E-state index is 0.355. The second-order valence-corrected chi connectivity index (χ2v) is 4.42. The Morgan fingerprint density at radius 2 is 1.85 bits per heavy atom. The number of anilines is 1. The van der Waals surface area contributed by atoms with Gasteiger partial charge in [0.2, 0.25) is 0 Å². The van der Waals surface area contributed by atoms with Crippen LogP contribution >= 0.6 is 0 Å². The van der Waals surface area contributed by atoms with Crippen LogP contribution in [0.5, 0.6) is 0 Å². The van der Waals surface area contributed by atoms with E-state index >= 15 is 0 Å². The monoisotopic (exact) mass is 262 g/mol. The average molecular weight is 262 g/mol. The molecule has 4 aromatic rings. The van der Waals surface area contributed by atoms with E-state index < -0.39 is 0 Å². The third-order valence-electron chi connectivity index (χ3n) is 3.23. The molecule has 0 radical (unpaired) electrons. The largest absolute Gasteiger partial charge is 0.382 e. The molecule has 0 aliphatic carbocycles. The molecular weight excluding hydrogens is 252 g/mol. The molecule has 0 atom stereocenters. The Morgan fingerprint density at radius 1 is 1.00 bits per heavy atom. The minimum Gasteiger partial charge on any atom is -0.382 e. The first kappa shape index (κ1) is 10.9. The molecule has 96 valence electrons. The first-order valence-corrected chi connectivity index (χ1v) is 6.14. The van der Waals surface area contributed by atoms with Crippen molar-refractivity contribution in [2.45, 2.75) is 0 Å². The van der Waals surface area contributed by atoms with Gasteiger partial charge in [-0.05, 0) is 11.6 Å². The molecule has 0 saturated carbocycles. The fraction of sp³-hybridized carbons (Fsp3) is 0. The molecule has 4 rings (SSSR count). The Balaban J connectivity index is 2.08. The lowest BCUT2D eigenvalue weighted by Crippen LogP contribution is -2.01. The smallest absolute Gasteiger partial charge is 0.185 e. The highest BCUT2D eigenvalue weighted by molar-refractivity contribution is 5.87. The number of hydrogen-bond donors (Lipinski definition) is 1. The van der Waals surface area contributed by atoms with Crippen LogP contribution in [0.25, 0.3) is 27.8 Å². The predicted octanol–water partition coefficient (Wildman–Crippen LogP) is 1.92. The van der Waals surface area contributed by atoms with Gasteiger partial charge in [-0.1, -0.05) is 30.3 Å². The summed E-state index contributed by atoms with van der Waals surface area (Å²) in [5.41, 5.74) is 9.86. The molecule has 0 saturated heterocycles. The summed E-state index contributed by atoms with van der Waals surface area (Å²) in [5, 5.41) is 12.8. The van der Waals surface area contributed by atoms with E-state index in [9.17, 15) is 0 Å². The SMILES string of the molecule is Nc1nccc2c1nnc1c(-c3ccccc3)cnn12. The van der Waals surface area contributed by atoms with Gasteiger partial charge in [-0.25, -0.2) is 9.50 Å². The summed E-state index contributed by atoms with van der Waals surface area (Å²) in [6, 6.07) is 11.8. The van der Waals surface area contributed by atoms with Gasteiger partial charge in [0.1, 0.15) is 5.52 Å². The van der Waals surface area contributed by atoms with Gasteiger partial charge in [0.05, 0.1) is 6.20 Å². The Hall–Kier alpha value is -3.02. The van der Waals surface area contributed by atoms with Gasteiger partial charge in [-0.15, -0.1) is 10.2 Å². The van der Waals surface area contributed by atoms with Crippen LogP contribution in [0.1, 0.15) is 0 Å². The highest BCUT2D eigenvalue weighted by Gasteiger charge is 2.12. The first-order chi connectivity index (χ1) is 9.84. The van der Waals surface area contributed by atoms with Crippen LogP contribution < -0.4 is 5.73 Å². The first-order valence-electron chi connectivity index (χ1n) is 6.14. The van der Waals surface area contributed by atoms with Crippen molar-refractivity contribution in [3.8, 4) is 11.1 Å². The van der Waals surface area contributed by atoms with Gasteiger partial charge in [-0.3, -0.25) is 0 Å². The maximum atomic E-state index is 5.81. The number of nitrogens with zero attached hydrogens (tertiary/aromatic N) is 5. The number of hydrogen-bond acceptors (Lipinski definition) is 5. The number of rotatable bonds is 1. The number of benzene rings is 1. The molecule has 3 heterocycles. The third kappa shape index (κ3) is 1.45. The highest BCUT2D eigenvalue weighted by atomic mass is 15.3. The summed E-state index contributed by atoms with van der Waals surface area (Å²) in [6.07, 6.45) is 3.43. The summed E-state index contributed by atoms with van der Waals surface area (Å²) in [6.45, 7) is 0. The zero-order valence-electron chi connectivity index (χ0n) is 10.4. The van der Waals surface area contributed by atoms with Crippen molar-refractivity contribution in [2.24, 2.45) is 0 Å². The molecule has 0 amide bonds. The van der Waals surface area contributed by atoms with Crippen molar-refractivity contribution in [1.29, 1.82) is 0 Å². The molecule has 6 heteroatoms. The maximum Gasteiger partial charge on any atom is 0.185 e. The lowest BCUT2D eigenvalue weighted by molar-refractivity contribution is 0.941. The predicted molar refractivity (Wildman–Crippen MR) is 75.9 cm³/mol. The van der Waals surface area contributed by atoms with Crippen LogP contribution in [0, 0.1) is 0 Å². The molecule has 0 unspecified atom stereocenters. The molecule has 2 N–H and O–H groups in total. The summed E-state index contributed by atoms with van der Waals surface area (Å²) in [4.78, 5) is 4.01. The quantitative estimate of drug-likeness (QED) is 0.566. The molecular formula is C14H10N6. The van der Waals surface area contributed by atoms with Crippen LogP contribution in [0.2, 0.25) is 0 Å². The third-order valence-corrected chi connectivity index (χ3v) is 3.23. The molecule has 0 aliphatic heterocycles. The van der Waals surface area contributed by atoms with E-state index in [0.29, 0.717) is 17.0 Å². The van der Waals surface area contributed by atoms with Gasteiger partial charge < -0.3 is 5.73 Å². The Kier molecular flexibility index (Phi) is 2.17. The van der Waals surface area contributed by atoms with E-state index in [2.05, 4.69) is 20.3 Å².